The minimum atomic E-state index is 0.911. The fourth-order valence-electron chi connectivity index (χ4n) is 2.26. The lowest BCUT2D eigenvalue weighted by molar-refractivity contribution is 0.360. The predicted octanol–water partition coefficient (Wildman–Crippen LogP) is 3.49. The van der Waals surface area contributed by atoms with E-state index in [0.717, 1.165) is 29.4 Å². The van der Waals surface area contributed by atoms with Gasteiger partial charge in [0.25, 0.3) is 0 Å². The molecular formula is C13H18Br2N2. The zero-order valence-corrected chi connectivity index (χ0v) is 13.3. The third-order valence-electron chi connectivity index (χ3n) is 3.25. The highest BCUT2D eigenvalue weighted by Gasteiger charge is 2.15. The van der Waals surface area contributed by atoms with Gasteiger partial charge in [0.15, 0.2) is 0 Å². The van der Waals surface area contributed by atoms with Gasteiger partial charge in [-0.25, -0.2) is 0 Å². The average Bonchev–Trinajstić information content (AvgIpc) is 2.54. The summed E-state index contributed by atoms with van der Waals surface area (Å²) in [5, 5.41) is 0.911. The van der Waals surface area contributed by atoms with Gasteiger partial charge in [-0.3, -0.25) is 0 Å². The number of hydrogen-bond donors (Lipinski definition) is 0. The number of anilines is 1. The summed E-state index contributed by atoms with van der Waals surface area (Å²) < 4.78 is 1.16. The SMILES string of the molecule is CN1CCCN(c2ccc(Br)cc2CBr)CC1. The van der Waals surface area contributed by atoms with Crippen LogP contribution in [0.25, 0.3) is 0 Å². The zero-order chi connectivity index (χ0) is 12.3. The first-order valence-corrected chi connectivity index (χ1v) is 7.90. The predicted molar refractivity (Wildman–Crippen MR) is 81.1 cm³/mol. The van der Waals surface area contributed by atoms with Crippen LogP contribution in [-0.4, -0.2) is 38.1 Å². The second-order valence-corrected chi connectivity index (χ2v) is 6.03. The molecule has 1 aromatic carbocycles. The van der Waals surface area contributed by atoms with E-state index < -0.39 is 0 Å². The molecule has 0 amide bonds. The van der Waals surface area contributed by atoms with Gasteiger partial charge >= 0.3 is 0 Å². The van der Waals surface area contributed by atoms with Crippen LogP contribution in [0.1, 0.15) is 12.0 Å². The molecule has 0 unspecified atom stereocenters. The molecule has 2 rings (SSSR count). The quantitative estimate of drug-likeness (QED) is 0.744. The molecule has 1 aliphatic rings. The molecular weight excluding hydrogens is 344 g/mol. The Morgan fingerprint density at radius 1 is 1.18 bits per heavy atom. The standard InChI is InChI=1S/C13H18Br2N2/c1-16-5-2-6-17(8-7-16)13-4-3-12(15)9-11(13)10-14/h3-4,9H,2,5-8,10H2,1H3. The fraction of sp³-hybridized carbons (Fsp3) is 0.538. The van der Waals surface area contributed by atoms with Crippen LogP contribution in [0.3, 0.4) is 0 Å². The van der Waals surface area contributed by atoms with Crippen LogP contribution in [0.5, 0.6) is 0 Å². The maximum atomic E-state index is 3.58. The second-order valence-electron chi connectivity index (χ2n) is 4.55. The van der Waals surface area contributed by atoms with Gasteiger partial charge in [0, 0.05) is 35.1 Å². The summed E-state index contributed by atoms with van der Waals surface area (Å²) in [6, 6.07) is 6.57. The molecule has 0 atom stereocenters. The Morgan fingerprint density at radius 3 is 2.76 bits per heavy atom. The van der Waals surface area contributed by atoms with Gasteiger partial charge in [-0.2, -0.15) is 0 Å². The summed E-state index contributed by atoms with van der Waals surface area (Å²) in [5.41, 5.74) is 2.74. The molecule has 17 heavy (non-hydrogen) atoms. The van der Waals surface area contributed by atoms with Gasteiger partial charge in [-0.05, 0) is 43.8 Å². The van der Waals surface area contributed by atoms with E-state index in [4.69, 9.17) is 0 Å². The van der Waals surface area contributed by atoms with Crippen LogP contribution in [0, 0.1) is 0 Å². The third-order valence-corrected chi connectivity index (χ3v) is 4.34. The van der Waals surface area contributed by atoms with Crippen molar-refractivity contribution in [2.24, 2.45) is 0 Å². The molecule has 1 heterocycles. The lowest BCUT2D eigenvalue weighted by Crippen LogP contribution is -2.29. The maximum absolute atomic E-state index is 3.58. The molecule has 0 spiro atoms. The van der Waals surface area contributed by atoms with Crippen molar-refractivity contribution in [1.82, 2.24) is 4.90 Å². The summed E-state index contributed by atoms with van der Waals surface area (Å²) >= 11 is 7.12. The number of rotatable bonds is 2. The van der Waals surface area contributed by atoms with E-state index in [0.29, 0.717) is 0 Å². The van der Waals surface area contributed by atoms with Crippen molar-refractivity contribution in [1.29, 1.82) is 0 Å². The van der Waals surface area contributed by atoms with Crippen LogP contribution >= 0.6 is 31.9 Å². The van der Waals surface area contributed by atoms with Crippen molar-refractivity contribution < 1.29 is 0 Å². The monoisotopic (exact) mass is 360 g/mol. The van der Waals surface area contributed by atoms with Crippen molar-refractivity contribution in [2.45, 2.75) is 11.8 Å². The summed E-state index contributed by atoms with van der Waals surface area (Å²) in [5.74, 6) is 0. The highest BCUT2D eigenvalue weighted by Crippen LogP contribution is 2.27. The van der Waals surface area contributed by atoms with E-state index in [1.807, 2.05) is 0 Å². The molecule has 0 N–H and O–H groups in total. The first kappa shape index (κ1) is 13.4. The highest BCUT2D eigenvalue weighted by atomic mass is 79.9. The van der Waals surface area contributed by atoms with Gasteiger partial charge < -0.3 is 9.80 Å². The van der Waals surface area contributed by atoms with Crippen LogP contribution in [0.15, 0.2) is 22.7 Å². The molecule has 0 aromatic heterocycles. The van der Waals surface area contributed by atoms with Gasteiger partial charge in [0.05, 0.1) is 0 Å². The molecule has 4 heteroatoms. The van der Waals surface area contributed by atoms with Crippen molar-refractivity contribution in [3.05, 3.63) is 28.2 Å². The lowest BCUT2D eigenvalue weighted by atomic mass is 10.2. The fourth-order valence-corrected chi connectivity index (χ4v) is 3.11. The molecule has 0 radical (unpaired) electrons. The smallest absolute Gasteiger partial charge is 0.0408 e. The number of nitrogens with zero attached hydrogens (tertiary/aromatic N) is 2. The molecule has 1 aromatic rings. The Hall–Kier alpha value is -0.0600. The van der Waals surface area contributed by atoms with E-state index in [1.165, 1.54) is 24.2 Å². The minimum Gasteiger partial charge on any atom is -0.370 e. The minimum absolute atomic E-state index is 0.911. The largest absolute Gasteiger partial charge is 0.370 e. The van der Waals surface area contributed by atoms with E-state index in [9.17, 15) is 0 Å². The first-order valence-electron chi connectivity index (χ1n) is 5.98. The molecule has 0 aliphatic carbocycles. The van der Waals surface area contributed by atoms with E-state index >= 15 is 0 Å². The van der Waals surface area contributed by atoms with Crippen molar-refractivity contribution >= 4 is 37.5 Å². The first-order chi connectivity index (χ1) is 8.20. The second kappa shape index (κ2) is 6.21. The normalized spacial score (nSPS) is 18.2. The van der Waals surface area contributed by atoms with Gasteiger partial charge in [0.1, 0.15) is 0 Å². The van der Waals surface area contributed by atoms with Gasteiger partial charge in [0.2, 0.25) is 0 Å². The molecule has 94 valence electrons. The number of benzene rings is 1. The molecule has 1 fully saturated rings. The van der Waals surface area contributed by atoms with E-state index in [2.05, 4.69) is 66.9 Å². The Balaban J connectivity index is 2.20. The van der Waals surface area contributed by atoms with Gasteiger partial charge in [-0.1, -0.05) is 31.9 Å². The third kappa shape index (κ3) is 3.46. The molecule has 0 bridgehead atoms. The number of hydrogen-bond acceptors (Lipinski definition) is 2. The van der Waals surface area contributed by atoms with E-state index in [1.54, 1.807) is 0 Å². The van der Waals surface area contributed by atoms with Crippen LogP contribution in [-0.2, 0) is 5.33 Å². The maximum Gasteiger partial charge on any atom is 0.0408 e. The molecule has 0 saturated carbocycles. The van der Waals surface area contributed by atoms with Crippen LogP contribution in [0.4, 0.5) is 5.69 Å². The molecule has 1 saturated heterocycles. The number of likely N-dealkylation sites (N-methyl/N-ethyl adjacent to an activating group) is 1. The number of halogens is 2. The topological polar surface area (TPSA) is 6.48 Å². The summed E-state index contributed by atoms with van der Waals surface area (Å²) in [7, 11) is 2.20. The van der Waals surface area contributed by atoms with Crippen LogP contribution < -0.4 is 4.90 Å². The van der Waals surface area contributed by atoms with Crippen molar-refractivity contribution in [3.8, 4) is 0 Å². The van der Waals surface area contributed by atoms with Crippen molar-refractivity contribution in [2.75, 3.05) is 38.1 Å². The lowest BCUT2D eigenvalue weighted by Gasteiger charge is -2.25. The average molecular weight is 362 g/mol. The Morgan fingerprint density at radius 2 is 2.00 bits per heavy atom. The summed E-state index contributed by atoms with van der Waals surface area (Å²) in [6.07, 6.45) is 1.24. The Bertz CT molecular complexity index is 382. The Kier molecular flexibility index (Phi) is 4.88. The summed E-state index contributed by atoms with van der Waals surface area (Å²) in [4.78, 5) is 4.92. The van der Waals surface area contributed by atoms with Gasteiger partial charge in [-0.15, -0.1) is 0 Å². The highest BCUT2D eigenvalue weighted by molar-refractivity contribution is 9.10. The van der Waals surface area contributed by atoms with Crippen molar-refractivity contribution in [3.63, 3.8) is 0 Å². The molecule has 1 aliphatic heterocycles. The van der Waals surface area contributed by atoms with E-state index in [-0.39, 0.29) is 0 Å². The zero-order valence-electron chi connectivity index (χ0n) is 10.1. The Labute approximate surface area is 120 Å². The molecule has 2 nitrogen and oxygen atoms in total. The van der Waals surface area contributed by atoms with Crippen LogP contribution in [0.2, 0.25) is 0 Å². The number of alkyl halides is 1. The summed E-state index contributed by atoms with van der Waals surface area (Å²) in [6.45, 7) is 4.64.